The first kappa shape index (κ1) is 17.3. The van der Waals surface area contributed by atoms with Gasteiger partial charge in [-0.25, -0.2) is 14.5 Å². The van der Waals surface area contributed by atoms with E-state index in [1.165, 1.54) is 12.1 Å². The molecule has 0 bridgehead atoms. The number of hydrogen-bond donors (Lipinski definition) is 3. The first-order valence-electron chi connectivity index (χ1n) is 8.48. The number of nitrogens with two attached hydrogens (primary N) is 1. The van der Waals surface area contributed by atoms with Gasteiger partial charge in [0.15, 0.2) is 11.6 Å². The third kappa shape index (κ3) is 3.05. The Morgan fingerprint density at radius 1 is 0.893 bits per heavy atom. The molecular weight excluding hydrogens is 356 g/mol. The number of anilines is 1. The molecule has 4 aromatic rings. The predicted molar refractivity (Wildman–Crippen MR) is 105 cm³/mol. The smallest absolute Gasteiger partial charge is 0.335 e. The van der Waals surface area contributed by atoms with E-state index in [1.54, 1.807) is 47.1 Å². The van der Waals surface area contributed by atoms with Gasteiger partial charge >= 0.3 is 5.97 Å². The summed E-state index contributed by atoms with van der Waals surface area (Å²) in [6.45, 7) is 0. The fourth-order valence-electron chi connectivity index (χ4n) is 2.89. The Balaban J connectivity index is 1.92. The normalized spacial score (nSPS) is 10.7. The minimum Gasteiger partial charge on any atom is -0.507 e. The van der Waals surface area contributed by atoms with E-state index in [4.69, 9.17) is 10.8 Å². The quantitative estimate of drug-likeness (QED) is 0.472. The first-order chi connectivity index (χ1) is 13.5. The minimum absolute atomic E-state index is 0.0610. The number of para-hydroxylation sites is 2. The molecule has 0 unspecified atom stereocenters. The van der Waals surface area contributed by atoms with E-state index in [2.05, 4.69) is 10.1 Å². The maximum absolute atomic E-state index is 11.1. The van der Waals surface area contributed by atoms with Gasteiger partial charge in [0.25, 0.3) is 0 Å². The van der Waals surface area contributed by atoms with Crippen molar-refractivity contribution < 1.29 is 15.0 Å². The van der Waals surface area contributed by atoms with Crippen LogP contribution < -0.4 is 5.73 Å². The molecule has 0 aliphatic rings. The summed E-state index contributed by atoms with van der Waals surface area (Å²) in [5.74, 6) is -0.132. The van der Waals surface area contributed by atoms with Crippen molar-refractivity contribution in [3.63, 3.8) is 0 Å². The van der Waals surface area contributed by atoms with Crippen molar-refractivity contribution in [2.45, 2.75) is 0 Å². The Morgan fingerprint density at radius 2 is 1.54 bits per heavy atom. The summed E-state index contributed by atoms with van der Waals surface area (Å²) >= 11 is 0. The van der Waals surface area contributed by atoms with Gasteiger partial charge in [0, 0.05) is 11.3 Å². The zero-order chi connectivity index (χ0) is 19.7. The molecule has 1 aromatic heterocycles. The summed E-state index contributed by atoms with van der Waals surface area (Å²) in [4.78, 5) is 15.7. The SMILES string of the molecule is Nc1ccccc1-c1nc(-c2ccccc2O)n(-c2ccc(C(=O)O)cc2)n1. The molecule has 138 valence electrons. The second kappa shape index (κ2) is 6.88. The number of aromatic hydroxyl groups is 1. The monoisotopic (exact) mass is 372 g/mol. The van der Waals surface area contributed by atoms with Gasteiger partial charge in [-0.05, 0) is 48.5 Å². The van der Waals surface area contributed by atoms with Crippen molar-refractivity contribution in [2.24, 2.45) is 0 Å². The van der Waals surface area contributed by atoms with Crippen molar-refractivity contribution in [1.29, 1.82) is 0 Å². The Labute approximate surface area is 160 Å². The summed E-state index contributed by atoms with van der Waals surface area (Å²) in [5, 5.41) is 24.0. The van der Waals surface area contributed by atoms with Gasteiger partial charge in [0.1, 0.15) is 5.75 Å². The summed E-state index contributed by atoms with van der Waals surface area (Å²) in [7, 11) is 0. The second-order valence-corrected chi connectivity index (χ2v) is 6.13. The third-order valence-corrected chi connectivity index (χ3v) is 4.31. The maximum atomic E-state index is 11.1. The molecule has 1 heterocycles. The van der Waals surface area contributed by atoms with Crippen LogP contribution >= 0.6 is 0 Å². The molecule has 3 aromatic carbocycles. The van der Waals surface area contributed by atoms with Crippen LogP contribution in [0.5, 0.6) is 5.75 Å². The molecule has 4 rings (SSSR count). The van der Waals surface area contributed by atoms with Crippen LogP contribution in [0.3, 0.4) is 0 Å². The van der Waals surface area contributed by atoms with Crippen molar-refractivity contribution in [3.8, 4) is 34.2 Å². The summed E-state index contributed by atoms with van der Waals surface area (Å²) in [5.41, 5.74) is 8.54. The van der Waals surface area contributed by atoms with Gasteiger partial charge in [0.05, 0.1) is 16.8 Å². The highest BCUT2D eigenvalue weighted by Crippen LogP contribution is 2.32. The minimum atomic E-state index is -1.01. The molecule has 7 heteroatoms. The van der Waals surface area contributed by atoms with Crippen LogP contribution in [-0.2, 0) is 0 Å². The zero-order valence-corrected chi connectivity index (χ0v) is 14.6. The number of carboxylic acid groups (broad SMARTS) is 1. The number of nitrogen functional groups attached to an aromatic ring is 1. The summed E-state index contributed by atoms with van der Waals surface area (Å²) in [6.07, 6.45) is 0. The number of rotatable bonds is 4. The average molecular weight is 372 g/mol. The van der Waals surface area contributed by atoms with E-state index in [0.717, 1.165) is 0 Å². The largest absolute Gasteiger partial charge is 0.507 e. The molecule has 28 heavy (non-hydrogen) atoms. The lowest BCUT2D eigenvalue weighted by Gasteiger charge is -2.07. The number of carboxylic acids is 1. The summed E-state index contributed by atoms with van der Waals surface area (Å²) < 4.78 is 1.56. The number of hydrogen-bond acceptors (Lipinski definition) is 5. The lowest BCUT2D eigenvalue weighted by Crippen LogP contribution is -2.02. The molecule has 4 N–H and O–H groups in total. The zero-order valence-electron chi connectivity index (χ0n) is 14.6. The number of nitrogens with zero attached hydrogens (tertiary/aromatic N) is 3. The second-order valence-electron chi connectivity index (χ2n) is 6.13. The molecular formula is C21H16N4O3. The maximum Gasteiger partial charge on any atom is 0.335 e. The molecule has 0 aliphatic carbocycles. The average Bonchev–Trinajstić information content (AvgIpc) is 3.13. The number of aromatic carboxylic acids is 1. The molecule has 0 aliphatic heterocycles. The Kier molecular flexibility index (Phi) is 4.25. The lowest BCUT2D eigenvalue weighted by molar-refractivity contribution is 0.0697. The molecule has 0 fully saturated rings. The number of benzene rings is 3. The number of phenols is 1. The van der Waals surface area contributed by atoms with Crippen LogP contribution in [0.1, 0.15) is 10.4 Å². The topological polar surface area (TPSA) is 114 Å². The Bertz CT molecular complexity index is 1170. The van der Waals surface area contributed by atoms with E-state index in [0.29, 0.717) is 34.2 Å². The standard InChI is InChI=1S/C21H16N4O3/c22-17-7-3-1-5-15(17)19-23-20(16-6-2-4-8-18(16)26)25(24-19)14-11-9-13(10-12-14)21(27)28/h1-12,26H,22H2,(H,27,28). The van der Waals surface area contributed by atoms with Crippen molar-refractivity contribution in [1.82, 2.24) is 14.8 Å². The molecule has 0 saturated heterocycles. The van der Waals surface area contributed by atoms with Gasteiger partial charge in [0.2, 0.25) is 0 Å². The van der Waals surface area contributed by atoms with E-state index >= 15 is 0 Å². The molecule has 0 spiro atoms. The first-order valence-corrected chi connectivity index (χ1v) is 8.48. The van der Waals surface area contributed by atoms with Crippen LogP contribution in [0.25, 0.3) is 28.5 Å². The van der Waals surface area contributed by atoms with E-state index in [-0.39, 0.29) is 11.3 Å². The van der Waals surface area contributed by atoms with E-state index in [9.17, 15) is 9.90 Å². The van der Waals surface area contributed by atoms with E-state index < -0.39 is 5.97 Å². The molecule has 7 nitrogen and oxygen atoms in total. The van der Waals surface area contributed by atoms with Gasteiger partial charge < -0.3 is 15.9 Å². The molecule has 0 radical (unpaired) electrons. The number of aromatic nitrogens is 3. The van der Waals surface area contributed by atoms with Crippen molar-refractivity contribution in [3.05, 3.63) is 78.4 Å². The molecule has 0 saturated carbocycles. The van der Waals surface area contributed by atoms with Gasteiger partial charge in [-0.1, -0.05) is 24.3 Å². The Hall–Kier alpha value is -4.13. The fourth-order valence-corrected chi connectivity index (χ4v) is 2.89. The van der Waals surface area contributed by atoms with Crippen molar-refractivity contribution in [2.75, 3.05) is 5.73 Å². The highest BCUT2D eigenvalue weighted by Gasteiger charge is 2.18. The highest BCUT2D eigenvalue weighted by atomic mass is 16.4. The Morgan fingerprint density at radius 3 is 2.18 bits per heavy atom. The molecule has 0 atom stereocenters. The van der Waals surface area contributed by atoms with Crippen LogP contribution in [0.2, 0.25) is 0 Å². The number of carbonyl (C=O) groups is 1. The predicted octanol–water partition coefficient (Wildman–Crippen LogP) is 3.59. The van der Waals surface area contributed by atoms with Gasteiger partial charge in [-0.15, -0.1) is 5.10 Å². The fraction of sp³-hybridized carbons (Fsp3) is 0. The van der Waals surface area contributed by atoms with Crippen LogP contribution in [0.4, 0.5) is 5.69 Å². The molecule has 0 amide bonds. The third-order valence-electron chi connectivity index (χ3n) is 4.31. The van der Waals surface area contributed by atoms with Crippen LogP contribution in [0, 0.1) is 0 Å². The van der Waals surface area contributed by atoms with Crippen molar-refractivity contribution >= 4 is 11.7 Å². The summed E-state index contributed by atoms with van der Waals surface area (Å²) in [6, 6.07) is 20.3. The van der Waals surface area contributed by atoms with Gasteiger partial charge in [-0.2, -0.15) is 0 Å². The van der Waals surface area contributed by atoms with Crippen LogP contribution in [-0.4, -0.2) is 30.9 Å². The highest BCUT2D eigenvalue weighted by molar-refractivity contribution is 5.87. The van der Waals surface area contributed by atoms with Gasteiger partial charge in [-0.3, -0.25) is 0 Å². The van der Waals surface area contributed by atoms with Crippen LogP contribution in [0.15, 0.2) is 72.8 Å². The van der Waals surface area contributed by atoms with E-state index in [1.807, 2.05) is 18.2 Å². The lowest BCUT2D eigenvalue weighted by atomic mass is 10.1. The number of phenolic OH excluding ortho intramolecular Hbond substituents is 1.